The van der Waals surface area contributed by atoms with Gasteiger partial charge >= 0.3 is 0 Å². The molecule has 6 heteroatoms. The van der Waals surface area contributed by atoms with E-state index in [1.807, 2.05) is 11.2 Å². The van der Waals surface area contributed by atoms with E-state index in [0.717, 1.165) is 32.6 Å². The highest BCUT2D eigenvalue weighted by Crippen LogP contribution is 2.25. The lowest BCUT2D eigenvalue weighted by molar-refractivity contribution is 0.0552. The molecule has 2 aliphatic rings. The molecule has 2 aromatic rings. The Morgan fingerprint density at radius 2 is 1.77 bits per heavy atom. The van der Waals surface area contributed by atoms with E-state index >= 15 is 0 Å². The summed E-state index contributed by atoms with van der Waals surface area (Å²) in [6.07, 6.45) is 8.74. The summed E-state index contributed by atoms with van der Waals surface area (Å²) in [5.41, 5.74) is 3.59. The van der Waals surface area contributed by atoms with E-state index in [1.54, 1.807) is 12.4 Å². The molecule has 1 atom stereocenters. The molecule has 0 radical (unpaired) electrons. The van der Waals surface area contributed by atoms with Gasteiger partial charge < -0.3 is 4.90 Å². The van der Waals surface area contributed by atoms with Gasteiger partial charge in [0.05, 0.1) is 5.56 Å². The highest BCUT2D eigenvalue weighted by Gasteiger charge is 2.29. The number of piperazine rings is 1. The highest BCUT2D eigenvalue weighted by molar-refractivity contribution is 7.98. The van der Waals surface area contributed by atoms with Crippen molar-refractivity contribution >= 4 is 17.7 Å². The number of hydrogen-bond acceptors (Lipinski definition) is 5. The van der Waals surface area contributed by atoms with Crippen LogP contribution in [-0.2, 0) is 12.8 Å². The molecule has 0 N–H and O–H groups in total. The topological polar surface area (TPSA) is 49.3 Å². The van der Waals surface area contributed by atoms with Gasteiger partial charge in [-0.3, -0.25) is 9.69 Å². The number of rotatable bonds is 3. The van der Waals surface area contributed by atoms with Gasteiger partial charge in [0, 0.05) is 44.6 Å². The second kappa shape index (κ2) is 7.76. The first-order chi connectivity index (χ1) is 12.7. The van der Waals surface area contributed by atoms with Crippen molar-refractivity contribution in [1.29, 1.82) is 0 Å². The van der Waals surface area contributed by atoms with Crippen LogP contribution in [-0.4, -0.2) is 64.2 Å². The Hall–Kier alpha value is -1.92. The summed E-state index contributed by atoms with van der Waals surface area (Å²) in [7, 11) is 0. The van der Waals surface area contributed by atoms with E-state index in [4.69, 9.17) is 0 Å². The van der Waals surface area contributed by atoms with Crippen molar-refractivity contribution in [2.24, 2.45) is 0 Å². The van der Waals surface area contributed by atoms with Crippen LogP contribution in [0.2, 0.25) is 0 Å². The van der Waals surface area contributed by atoms with Crippen LogP contribution in [0.5, 0.6) is 0 Å². The standard InChI is InChI=1S/C20H24N4OS/c1-26-20-21-13-17(14-22-20)19(25)24-10-8-23(9-11-24)18-7-6-15-4-2-3-5-16(15)12-18/h2-5,13-14,18H,6-12H2,1H3/t18-/m1/s1. The van der Waals surface area contributed by atoms with Crippen molar-refractivity contribution in [3.05, 3.63) is 53.3 Å². The van der Waals surface area contributed by atoms with Crippen LogP contribution in [0.1, 0.15) is 27.9 Å². The molecule has 1 amide bonds. The number of fused-ring (bicyclic) bond motifs is 1. The van der Waals surface area contributed by atoms with Gasteiger partial charge in [0.2, 0.25) is 0 Å². The number of nitrogens with zero attached hydrogens (tertiary/aromatic N) is 4. The molecule has 0 unspecified atom stereocenters. The Morgan fingerprint density at radius 1 is 1.08 bits per heavy atom. The number of carbonyl (C=O) groups is 1. The normalized spacial score (nSPS) is 20.7. The maximum Gasteiger partial charge on any atom is 0.257 e. The molecule has 0 spiro atoms. The predicted molar refractivity (Wildman–Crippen MR) is 104 cm³/mol. The average Bonchev–Trinajstić information content (AvgIpc) is 2.73. The molecule has 26 heavy (non-hydrogen) atoms. The molecule has 1 aliphatic carbocycles. The van der Waals surface area contributed by atoms with E-state index in [0.29, 0.717) is 16.8 Å². The molecular weight excluding hydrogens is 344 g/mol. The molecule has 1 saturated heterocycles. The molecule has 1 aliphatic heterocycles. The smallest absolute Gasteiger partial charge is 0.257 e. The van der Waals surface area contributed by atoms with Crippen LogP contribution in [0.25, 0.3) is 0 Å². The van der Waals surface area contributed by atoms with Gasteiger partial charge in [-0.05, 0) is 36.6 Å². The zero-order valence-electron chi connectivity index (χ0n) is 15.1. The third-order valence-corrected chi connectivity index (χ3v) is 6.07. The Bertz CT molecular complexity index is 772. The number of carbonyl (C=O) groups excluding carboxylic acids is 1. The first-order valence-electron chi connectivity index (χ1n) is 9.21. The SMILES string of the molecule is CSc1ncc(C(=O)N2CCN([C@@H]3CCc4ccccc4C3)CC2)cn1. The first kappa shape index (κ1) is 17.5. The summed E-state index contributed by atoms with van der Waals surface area (Å²) in [6, 6.07) is 9.40. The van der Waals surface area contributed by atoms with Gasteiger partial charge in [-0.2, -0.15) is 0 Å². The highest BCUT2D eigenvalue weighted by atomic mass is 32.2. The summed E-state index contributed by atoms with van der Waals surface area (Å²) >= 11 is 1.48. The fourth-order valence-electron chi connectivity index (χ4n) is 3.99. The van der Waals surface area contributed by atoms with Crippen molar-refractivity contribution < 1.29 is 4.79 Å². The summed E-state index contributed by atoms with van der Waals surface area (Å²) < 4.78 is 0. The second-order valence-electron chi connectivity index (χ2n) is 6.95. The van der Waals surface area contributed by atoms with Crippen molar-refractivity contribution in [3.8, 4) is 0 Å². The van der Waals surface area contributed by atoms with Crippen molar-refractivity contribution in [1.82, 2.24) is 19.8 Å². The van der Waals surface area contributed by atoms with E-state index < -0.39 is 0 Å². The first-order valence-corrected chi connectivity index (χ1v) is 10.4. The van der Waals surface area contributed by atoms with E-state index in [9.17, 15) is 4.79 Å². The number of aryl methyl sites for hydroxylation is 1. The van der Waals surface area contributed by atoms with E-state index in [1.165, 1.54) is 35.7 Å². The van der Waals surface area contributed by atoms with Crippen LogP contribution in [0.4, 0.5) is 0 Å². The summed E-state index contributed by atoms with van der Waals surface area (Å²) in [6.45, 7) is 3.45. The largest absolute Gasteiger partial charge is 0.336 e. The molecule has 136 valence electrons. The van der Waals surface area contributed by atoms with Gasteiger partial charge in [0.25, 0.3) is 5.91 Å². The lowest BCUT2D eigenvalue weighted by Crippen LogP contribution is -2.53. The molecule has 4 rings (SSSR count). The molecule has 1 fully saturated rings. The number of thioether (sulfide) groups is 1. The van der Waals surface area contributed by atoms with Crippen molar-refractivity contribution in [3.63, 3.8) is 0 Å². The van der Waals surface area contributed by atoms with Gasteiger partial charge in [-0.25, -0.2) is 9.97 Å². The summed E-state index contributed by atoms with van der Waals surface area (Å²) in [5, 5.41) is 0.698. The van der Waals surface area contributed by atoms with Crippen LogP contribution in [0, 0.1) is 0 Å². The third-order valence-electron chi connectivity index (χ3n) is 5.50. The number of amides is 1. The Labute approximate surface area is 158 Å². The minimum atomic E-state index is 0.0475. The van der Waals surface area contributed by atoms with Crippen LogP contribution in [0.15, 0.2) is 41.8 Å². The molecule has 2 heterocycles. The minimum absolute atomic E-state index is 0.0475. The molecular formula is C20H24N4OS. The Morgan fingerprint density at radius 3 is 2.46 bits per heavy atom. The molecule has 0 bridgehead atoms. The average molecular weight is 369 g/mol. The monoisotopic (exact) mass is 368 g/mol. The second-order valence-corrected chi connectivity index (χ2v) is 7.73. The Balaban J connectivity index is 1.34. The molecule has 0 saturated carbocycles. The van der Waals surface area contributed by atoms with Crippen molar-refractivity contribution in [2.75, 3.05) is 32.4 Å². The van der Waals surface area contributed by atoms with Gasteiger partial charge in [-0.15, -0.1) is 0 Å². The van der Waals surface area contributed by atoms with Crippen LogP contribution >= 0.6 is 11.8 Å². The third kappa shape index (κ3) is 3.62. The number of aromatic nitrogens is 2. The quantitative estimate of drug-likeness (QED) is 0.615. The predicted octanol–water partition coefficient (Wildman–Crippen LogP) is 2.51. The maximum atomic E-state index is 12.7. The fourth-order valence-corrected chi connectivity index (χ4v) is 4.31. The summed E-state index contributed by atoms with van der Waals surface area (Å²) in [4.78, 5) is 25.6. The van der Waals surface area contributed by atoms with Gasteiger partial charge in [0.15, 0.2) is 5.16 Å². The van der Waals surface area contributed by atoms with Gasteiger partial charge in [0.1, 0.15) is 0 Å². The van der Waals surface area contributed by atoms with Crippen molar-refractivity contribution in [2.45, 2.75) is 30.5 Å². The summed E-state index contributed by atoms with van der Waals surface area (Å²) in [5.74, 6) is 0.0475. The van der Waals surface area contributed by atoms with Crippen LogP contribution in [0.3, 0.4) is 0 Å². The minimum Gasteiger partial charge on any atom is -0.336 e. The number of hydrogen-bond donors (Lipinski definition) is 0. The lowest BCUT2D eigenvalue weighted by Gasteiger charge is -2.41. The van der Waals surface area contributed by atoms with E-state index in [2.05, 4.69) is 39.1 Å². The molecule has 1 aromatic carbocycles. The molecule has 1 aromatic heterocycles. The van der Waals surface area contributed by atoms with Gasteiger partial charge in [-0.1, -0.05) is 36.0 Å². The molecule has 5 nitrogen and oxygen atoms in total. The van der Waals surface area contributed by atoms with Crippen LogP contribution < -0.4 is 0 Å². The lowest BCUT2D eigenvalue weighted by atomic mass is 9.87. The Kier molecular flexibility index (Phi) is 5.22. The number of benzene rings is 1. The fraction of sp³-hybridized carbons (Fsp3) is 0.450. The maximum absolute atomic E-state index is 12.7. The van der Waals surface area contributed by atoms with E-state index in [-0.39, 0.29) is 5.91 Å². The zero-order valence-corrected chi connectivity index (χ0v) is 15.9. The zero-order chi connectivity index (χ0) is 17.9.